The van der Waals surface area contributed by atoms with Crippen LogP contribution in [0.25, 0.3) is 0 Å². The number of amides is 1. The van der Waals surface area contributed by atoms with E-state index in [2.05, 4.69) is 49.0 Å². The van der Waals surface area contributed by atoms with Crippen molar-refractivity contribution in [2.24, 2.45) is 16.6 Å². The highest BCUT2D eigenvalue weighted by molar-refractivity contribution is 14.0. The van der Waals surface area contributed by atoms with E-state index in [4.69, 9.17) is 5.73 Å². The smallest absolute Gasteiger partial charge is 0.217 e. The lowest BCUT2D eigenvalue weighted by Gasteiger charge is -2.34. The molecule has 1 aromatic heterocycles. The largest absolute Gasteiger partial charge is 0.370 e. The van der Waals surface area contributed by atoms with Gasteiger partial charge in [0.2, 0.25) is 5.91 Å². The monoisotopic (exact) mass is 510 g/mol. The van der Waals surface area contributed by atoms with Crippen molar-refractivity contribution >= 4 is 35.8 Å². The molecule has 3 rings (SSSR count). The van der Waals surface area contributed by atoms with E-state index in [-0.39, 0.29) is 29.9 Å². The Morgan fingerprint density at radius 1 is 1.34 bits per heavy atom. The maximum Gasteiger partial charge on any atom is 0.217 e. The number of nitrogens with zero attached hydrogens (tertiary/aromatic N) is 4. The number of carbonyl (C=O) groups excluding carboxylic acids is 1. The van der Waals surface area contributed by atoms with Gasteiger partial charge in [0.15, 0.2) is 5.96 Å². The number of nitrogens with one attached hydrogen (secondary N) is 1. The van der Waals surface area contributed by atoms with Crippen LogP contribution >= 0.6 is 24.0 Å². The number of piperidine rings is 1. The van der Waals surface area contributed by atoms with E-state index >= 15 is 0 Å². The number of aromatic nitrogens is 2. The minimum absolute atomic E-state index is 0. The van der Waals surface area contributed by atoms with Crippen LogP contribution in [0.5, 0.6) is 0 Å². The summed E-state index contributed by atoms with van der Waals surface area (Å²) in [5.41, 5.74) is 6.69. The fraction of sp³-hybridized carbons (Fsp3) is 0.476. The van der Waals surface area contributed by atoms with Crippen LogP contribution in [-0.4, -0.2) is 46.5 Å². The summed E-state index contributed by atoms with van der Waals surface area (Å²) in [5, 5.41) is 3.43. The number of hydrogen-bond donors (Lipinski definition) is 2. The maximum atomic E-state index is 11.2. The summed E-state index contributed by atoms with van der Waals surface area (Å²) < 4.78 is 2.18. The summed E-state index contributed by atoms with van der Waals surface area (Å²) in [6, 6.07) is 10.5. The molecule has 7 nitrogen and oxygen atoms in total. The van der Waals surface area contributed by atoms with Gasteiger partial charge < -0.3 is 20.5 Å². The molecule has 0 spiro atoms. The SMILES string of the molecule is CN=C(NCc1nccn1CCc1ccccc1)N1CCCC(CC(N)=O)C1.I. The molecule has 8 heteroatoms. The third-order valence-electron chi connectivity index (χ3n) is 5.21. The second-order valence-electron chi connectivity index (χ2n) is 7.30. The van der Waals surface area contributed by atoms with Gasteiger partial charge in [-0.25, -0.2) is 4.98 Å². The molecule has 158 valence electrons. The maximum absolute atomic E-state index is 11.2. The molecule has 1 aliphatic heterocycles. The van der Waals surface area contributed by atoms with Crippen LogP contribution in [0.3, 0.4) is 0 Å². The lowest BCUT2D eigenvalue weighted by Crippen LogP contribution is -2.47. The minimum atomic E-state index is -0.227. The first-order chi connectivity index (χ1) is 13.7. The number of aryl methyl sites for hydroxylation is 2. The quantitative estimate of drug-likeness (QED) is 0.340. The van der Waals surface area contributed by atoms with Crippen LogP contribution in [0.1, 0.15) is 30.7 Å². The number of rotatable bonds is 7. The molecular weight excluding hydrogens is 479 g/mol. The van der Waals surface area contributed by atoms with E-state index in [1.54, 1.807) is 7.05 Å². The molecule has 3 N–H and O–H groups in total. The highest BCUT2D eigenvalue weighted by Gasteiger charge is 2.23. The Labute approximate surface area is 189 Å². The molecule has 2 heterocycles. The summed E-state index contributed by atoms with van der Waals surface area (Å²) in [4.78, 5) is 22.4. The van der Waals surface area contributed by atoms with E-state index in [9.17, 15) is 4.79 Å². The van der Waals surface area contributed by atoms with Gasteiger partial charge in [0.25, 0.3) is 0 Å². The molecular formula is C21H31IN6O. The molecule has 0 radical (unpaired) electrons. The second kappa shape index (κ2) is 11.8. The van der Waals surface area contributed by atoms with Crippen LogP contribution in [-0.2, 0) is 24.3 Å². The molecule has 0 aliphatic carbocycles. The zero-order chi connectivity index (χ0) is 19.8. The van der Waals surface area contributed by atoms with Gasteiger partial charge in [-0.15, -0.1) is 24.0 Å². The van der Waals surface area contributed by atoms with Crippen LogP contribution in [0.2, 0.25) is 0 Å². The molecule has 0 saturated carbocycles. The van der Waals surface area contributed by atoms with E-state index < -0.39 is 0 Å². The van der Waals surface area contributed by atoms with E-state index in [0.717, 1.165) is 50.7 Å². The standard InChI is InChI=1S/C21H30N6O.HI/c1-23-21(27-11-5-8-18(16-27)14-19(22)28)25-15-20-24-10-13-26(20)12-9-17-6-3-2-4-7-17;/h2-4,6-7,10,13,18H,5,8-9,11-12,14-16H2,1H3,(H2,22,28)(H,23,25);1H. The Kier molecular flexibility index (Phi) is 9.43. The zero-order valence-corrected chi connectivity index (χ0v) is 19.3. The summed E-state index contributed by atoms with van der Waals surface area (Å²) in [6.07, 6.45) is 7.36. The number of primary amides is 1. The molecule has 1 atom stereocenters. The third-order valence-corrected chi connectivity index (χ3v) is 5.21. The van der Waals surface area contributed by atoms with Gasteiger partial charge in [-0.1, -0.05) is 30.3 Å². The first kappa shape index (κ1) is 23.2. The lowest BCUT2D eigenvalue weighted by atomic mass is 9.95. The van der Waals surface area contributed by atoms with Crippen molar-refractivity contribution in [3.05, 3.63) is 54.1 Å². The fourth-order valence-electron chi connectivity index (χ4n) is 3.80. The molecule has 1 unspecified atom stereocenters. The molecule has 1 aromatic carbocycles. The Morgan fingerprint density at radius 3 is 2.86 bits per heavy atom. The van der Waals surface area contributed by atoms with Crippen molar-refractivity contribution < 1.29 is 4.79 Å². The highest BCUT2D eigenvalue weighted by atomic mass is 127. The van der Waals surface area contributed by atoms with Crippen LogP contribution in [0.4, 0.5) is 0 Å². The van der Waals surface area contributed by atoms with Crippen LogP contribution < -0.4 is 11.1 Å². The number of halogens is 1. The number of hydrogen-bond acceptors (Lipinski definition) is 3. The van der Waals surface area contributed by atoms with Crippen molar-refractivity contribution in [3.8, 4) is 0 Å². The second-order valence-corrected chi connectivity index (χ2v) is 7.30. The molecule has 1 saturated heterocycles. The number of likely N-dealkylation sites (tertiary alicyclic amines) is 1. The minimum Gasteiger partial charge on any atom is -0.370 e. The molecule has 1 aliphatic rings. The highest BCUT2D eigenvalue weighted by Crippen LogP contribution is 2.19. The normalized spacial score (nSPS) is 16.9. The zero-order valence-electron chi connectivity index (χ0n) is 17.0. The van der Waals surface area contributed by atoms with Gasteiger partial charge >= 0.3 is 0 Å². The number of nitrogens with two attached hydrogens (primary N) is 1. The molecule has 1 fully saturated rings. The Hall–Kier alpha value is -2.10. The average molecular weight is 510 g/mol. The van der Waals surface area contributed by atoms with Crippen LogP contribution in [0.15, 0.2) is 47.7 Å². The van der Waals surface area contributed by atoms with Crippen molar-refractivity contribution in [1.29, 1.82) is 0 Å². The lowest BCUT2D eigenvalue weighted by molar-refractivity contribution is -0.119. The Morgan fingerprint density at radius 2 is 2.14 bits per heavy atom. The number of imidazole rings is 1. The van der Waals surface area contributed by atoms with Gasteiger partial charge in [0.1, 0.15) is 5.82 Å². The summed E-state index contributed by atoms with van der Waals surface area (Å²) in [5.74, 6) is 1.92. The first-order valence-corrected chi connectivity index (χ1v) is 9.93. The van der Waals surface area contributed by atoms with Crippen LogP contribution in [0, 0.1) is 5.92 Å². The number of benzene rings is 1. The number of carbonyl (C=O) groups is 1. The first-order valence-electron chi connectivity index (χ1n) is 9.93. The molecule has 0 bridgehead atoms. The fourth-order valence-corrected chi connectivity index (χ4v) is 3.80. The third kappa shape index (κ3) is 7.02. The average Bonchev–Trinajstić information content (AvgIpc) is 3.15. The summed E-state index contributed by atoms with van der Waals surface area (Å²) in [6.45, 7) is 3.26. The van der Waals surface area contributed by atoms with Gasteiger partial charge in [-0.2, -0.15) is 0 Å². The van der Waals surface area contributed by atoms with Crippen molar-refractivity contribution in [3.63, 3.8) is 0 Å². The topological polar surface area (TPSA) is 88.5 Å². The van der Waals surface area contributed by atoms with E-state index in [0.29, 0.717) is 18.9 Å². The molecule has 1 amide bonds. The summed E-state index contributed by atoms with van der Waals surface area (Å²) in [7, 11) is 1.79. The van der Waals surface area contributed by atoms with Crippen molar-refractivity contribution in [1.82, 2.24) is 19.8 Å². The summed E-state index contributed by atoms with van der Waals surface area (Å²) >= 11 is 0. The predicted octanol–water partition coefficient (Wildman–Crippen LogP) is 2.41. The van der Waals surface area contributed by atoms with Crippen molar-refractivity contribution in [2.75, 3.05) is 20.1 Å². The van der Waals surface area contributed by atoms with Gasteiger partial charge in [-0.05, 0) is 30.7 Å². The predicted molar refractivity (Wildman–Crippen MR) is 126 cm³/mol. The van der Waals surface area contributed by atoms with Crippen molar-refractivity contribution in [2.45, 2.75) is 38.8 Å². The van der Waals surface area contributed by atoms with E-state index in [1.807, 2.05) is 18.5 Å². The van der Waals surface area contributed by atoms with Gasteiger partial charge in [0, 0.05) is 45.5 Å². The van der Waals surface area contributed by atoms with Gasteiger partial charge in [0.05, 0.1) is 6.54 Å². The van der Waals surface area contributed by atoms with E-state index in [1.165, 1.54) is 5.56 Å². The number of guanidine groups is 1. The van der Waals surface area contributed by atoms with Gasteiger partial charge in [-0.3, -0.25) is 9.79 Å². The molecule has 29 heavy (non-hydrogen) atoms. The Bertz CT molecular complexity index is 791. The molecule has 2 aromatic rings. The number of aliphatic imine (C=N–C) groups is 1. The Balaban J connectivity index is 0.00000300.